The zero-order valence-corrected chi connectivity index (χ0v) is 20.2. The minimum absolute atomic E-state index is 0.0365. The van der Waals surface area contributed by atoms with Crippen LogP contribution >= 0.6 is 0 Å². The third-order valence-electron chi connectivity index (χ3n) is 5.70. The van der Waals surface area contributed by atoms with Gasteiger partial charge in [-0.05, 0) is 71.7 Å². The Bertz CT molecular complexity index is 1510. The molecule has 37 heavy (non-hydrogen) atoms. The summed E-state index contributed by atoms with van der Waals surface area (Å²) in [6.07, 6.45) is 12.1. The Morgan fingerprint density at radius 3 is 1.84 bits per heavy atom. The van der Waals surface area contributed by atoms with Crippen molar-refractivity contribution in [3.05, 3.63) is 127 Å². The monoisotopic (exact) mass is 492 g/mol. The van der Waals surface area contributed by atoms with Gasteiger partial charge in [-0.1, -0.05) is 43.7 Å². The van der Waals surface area contributed by atoms with Crippen LogP contribution in [0.15, 0.2) is 79.1 Å². The number of nitrogens with zero attached hydrogens (tertiary/aromatic N) is 4. The molecule has 0 atom stereocenters. The largest absolute Gasteiger partial charge is 0.276 e. The van der Waals surface area contributed by atoms with Gasteiger partial charge in [-0.2, -0.15) is 0 Å². The first-order chi connectivity index (χ1) is 17.9. The third-order valence-corrected chi connectivity index (χ3v) is 5.70. The molecule has 0 aliphatic heterocycles. The predicted molar refractivity (Wildman–Crippen MR) is 146 cm³/mol. The normalized spacial score (nSPS) is 11.3. The number of benzene rings is 2. The van der Waals surface area contributed by atoms with E-state index >= 15 is 0 Å². The van der Waals surface area contributed by atoms with Crippen molar-refractivity contribution in [3.63, 3.8) is 0 Å². The molecule has 4 rings (SSSR count). The van der Waals surface area contributed by atoms with Crippen LogP contribution in [-0.4, -0.2) is 19.8 Å². The molecule has 0 N–H and O–H groups in total. The van der Waals surface area contributed by atoms with E-state index in [-0.39, 0.29) is 16.3 Å². The molecule has 0 spiro atoms. The van der Waals surface area contributed by atoms with Crippen LogP contribution in [0.2, 0.25) is 0 Å². The second-order valence-electron chi connectivity index (χ2n) is 8.33. The first kappa shape index (κ1) is 25.1. The lowest BCUT2D eigenvalue weighted by atomic mass is 10.0. The number of aromatic nitrogens is 2. The molecule has 2 aromatic heterocycles. The molecule has 0 aliphatic carbocycles. The van der Waals surface area contributed by atoms with E-state index in [9.17, 15) is 20.2 Å². The van der Waals surface area contributed by atoms with Gasteiger partial charge in [0.15, 0.2) is 0 Å². The molecule has 184 valence electrons. The molecular weight excluding hydrogens is 468 g/mol. The lowest BCUT2D eigenvalue weighted by Gasteiger charge is -2.04. The maximum atomic E-state index is 11.6. The topological polar surface area (TPSA) is 112 Å². The zero-order valence-electron chi connectivity index (χ0n) is 20.2. The Kier molecular flexibility index (Phi) is 7.90. The highest BCUT2D eigenvalue weighted by molar-refractivity contribution is 5.77. The second-order valence-corrected chi connectivity index (χ2v) is 8.33. The average molecular weight is 493 g/mol. The van der Waals surface area contributed by atoms with Crippen molar-refractivity contribution in [2.45, 2.75) is 19.8 Å². The summed E-state index contributed by atoms with van der Waals surface area (Å²) in [5, 5.41) is 22.8. The fourth-order valence-corrected chi connectivity index (χ4v) is 3.88. The van der Waals surface area contributed by atoms with Crippen molar-refractivity contribution in [2.24, 2.45) is 0 Å². The Labute approximate surface area is 214 Å². The van der Waals surface area contributed by atoms with Gasteiger partial charge in [-0.25, -0.2) is 0 Å². The first-order valence-corrected chi connectivity index (χ1v) is 11.7. The van der Waals surface area contributed by atoms with Gasteiger partial charge in [0.1, 0.15) is 0 Å². The fraction of sp³-hybridized carbons (Fsp3) is 0.103. The number of hydrogen-bond donors (Lipinski definition) is 0. The maximum Gasteiger partial charge on any atom is 0.276 e. The van der Waals surface area contributed by atoms with Gasteiger partial charge in [-0.15, -0.1) is 0 Å². The number of aryl methyl sites for hydroxylation is 1. The molecule has 0 radical (unpaired) electrons. The summed E-state index contributed by atoms with van der Waals surface area (Å²) in [7, 11) is 0. The Morgan fingerprint density at radius 1 is 0.703 bits per heavy atom. The number of nitro groups is 2. The fourth-order valence-electron chi connectivity index (χ4n) is 3.88. The minimum Gasteiger partial charge on any atom is -0.258 e. The van der Waals surface area contributed by atoms with Gasteiger partial charge < -0.3 is 0 Å². The van der Waals surface area contributed by atoms with Crippen molar-refractivity contribution >= 4 is 35.7 Å². The lowest BCUT2D eigenvalue weighted by molar-refractivity contribution is -0.385. The van der Waals surface area contributed by atoms with Crippen molar-refractivity contribution in [3.8, 4) is 11.4 Å². The second kappa shape index (κ2) is 11.6. The lowest BCUT2D eigenvalue weighted by Crippen LogP contribution is -1.94. The molecule has 0 unspecified atom stereocenters. The molecule has 0 fully saturated rings. The quantitative estimate of drug-likeness (QED) is 0.180. The molecule has 4 aromatic rings. The minimum atomic E-state index is -0.408. The SMILES string of the molecule is CCCc1ccc(/C=C/c2ccnc(-c3cc(/C=C/c4ccccc4[N+](=O)[O-])ccn3)c2)c([N+](=O)[O-])c1. The van der Waals surface area contributed by atoms with Gasteiger partial charge in [0.2, 0.25) is 0 Å². The van der Waals surface area contributed by atoms with E-state index in [1.807, 2.05) is 37.3 Å². The van der Waals surface area contributed by atoms with Crippen LogP contribution < -0.4 is 0 Å². The summed E-state index contributed by atoms with van der Waals surface area (Å²) in [5.74, 6) is 0. The number of hydrogen-bond acceptors (Lipinski definition) is 6. The van der Waals surface area contributed by atoms with Crippen LogP contribution in [0.3, 0.4) is 0 Å². The molecule has 0 amide bonds. The summed E-state index contributed by atoms with van der Waals surface area (Å²) < 4.78 is 0. The summed E-state index contributed by atoms with van der Waals surface area (Å²) in [4.78, 5) is 30.9. The standard InChI is InChI=1S/C29H24N4O4/c1-2-5-21-8-12-25(29(20-21)33(36)37)13-10-23-15-17-31-27(19-23)26-18-22(14-16-30-26)9-11-24-6-3-4-7-28(24)32(34)35/h3-4,6-20H,2,5H2,1H3/b11-9+,13-10+. The van der Waals surface area contributed by atoms with E-state index < -0.39 is 4.92 Å². The number of para-hydroxylation sites is 1. The van der Waals surface area contributed by atoms with Crippen LogP contribution in [0.25, 0.3) is 35.7 Å². The van der Waals surface area contributed by atoms with Gasteiger partial charge in [0.25, 0.3) is 11.4 Å². The Hall–Kier alpha value is -4.98. The molecule has 2 aromatic carbocycles. The van der Waals surface area contributed by atoms with E-state index in [2.05, 4.69) is 9.97 Å². The molecular formula is C29H24N4O4. The van der Waals surface area contributed by atoms with Crippen LogP contribution in [0.5, 0.6) is 0 Å². The van der Waals surface area contributed by atoms with E-state index in [0.29, 0.717) is 22.5 Å². The molecule has 2 heterocycles. The molecule has 8 nitrogen and oxygen atoms in total. The third kappa shape index (κ3) is 6.37. The first-order valence-electron chi connectivity index (χ1n) is 11.7. The van der Waals surface area contributed by atoms with E-state index in [1.54, 1.807) is 67.0 Å². The van der Waals surface area contributed by atoms with Crippen LogP contribution in [0.1, 0.15) is 41.2 Å². The highest BCUT2D eigenvalue weighted by atomic mass is 16.6. The molecule has 0 bridgehead atoms. The summed E-state index contributed by atoms with van der Waals surface area (Å²) >= 11 is 0. The molecule has 0 saturated carbocycles. The molecule has 8 heteroatoms. The van der Waals surface area contributed by atoms with Crippen LogP contribution in [0, 0.1) is 20.2 Å². The zero-order chi connectivity index (χ0) is 26.2. The molecule has 0 saturated heterocycles. The number of pyridine rings is 2. The van der Waals surface area contributed by atoms with Crippen molar-refractivity contribution in [1.82, 2.24) is 9.97 Å². The van der Waals surface area contributed by atoms with Crippen molar-refractivity contribution in [1.29, 1.82) is 0 Å². The maximum absolute atomic E-state index is 11.6. The number of rotatable bonds is 9. The summed E-state index contributed by atoms with van der Waals surface area (Å²) in [6, 6.07) is 19.2. The summed E-state index contributed by atoms with van der Waals surface area (Å²) in [5.41, 5.74) is 5.00. The van der Waals surface area contributed by atoms with Crippen LogP contribution in [0.4, 0.5) is 11.4 Å². The average Bonchev–Trinajstić information content (AvgIpc) is 2.91. The number of nitro benzene ring substituents is 2. The highest BCUT2D eigenvalue weighted by Gasteiger charge is 2.13. The summed E-state index contributed by atoms with van der Waals surface area (Å²) in [6.45, 7) is 2.04. The van der Waals surface area contributed by atoms with E-state index in [0.717, 1.165) is 29.5 Å². The van der Waals surface area contributed by atoms with Gasteiger partial charge >= 0.3 is 0 Å². The van der Waals surface area contributed by atoms with E-state index in [1.165, 1.54) is 6.07 Å². The van der Waals surface area contributed by atoms with E-state index in [4.69, 9.17) is 0 Å². The van der Waals surface area contributed by atoms with Crippen LogP contribution in [-0.2, 0) is 6.42 Å². The molecule has 0 aliphatic rings. The highest BCUT2D eigenvalue weighted by Crippen LogP contribution is 2.25. The van der Waals surface area contributed by atoms with Crippen molar-refractivity contribution in [2.75, 3.05) is 0 Å². The predicted octanol–water partition coefficient (Wildman–Crippen LogP) is 7.25. The van der Waals surface area contributed by atoms with Gasteiger partial charge in [-0.3, -0.25) is 30.2 Å². The van der Waals surface area contributed by atoms with Gasteiger partial charge in [0.05, 0.1) is 32.4 Å². The Morgan fingerprint density at radius 2 is 1.27 bits per heavy atom. The smallest absolute Gasteiger partial charge is 0.258 e. The van der Waals surface area contributed by atoms with Crippen molar-refractivity contribution < 1.29 is 9.85 Å². The Balaban J connectivity index is 1.58. The van der Waals surface area contributed by atoms with Gasteiger partial charge in [0, 0.05) is 24.5 Å².